The van der Waals surface area contributed by atoms with Crippen LogP contribution in [0.1, 0.15) is 20.8 Å². The van der Waals surface area contributed by atoms with Crippen molar-refractivity contribution in [3.63, 3.8) is 0 Å². The molecule has 0 spiro atoms. The van der Waals surface area contributed by atoms with Crippen LogP contribution in [0, 0.1) is 5.41 Å². The first-order valence-corrected chi connectivity index (χ1v) is 7.93. The second-order valence-corrected chi connectivity index (χ2v) is 9.64. The van der Waals surface area contributed by atoms with E-state index in [-0.39, 0.29) is 19.6 Å². The molecule has 0 radical (unpaired) electrons. The molecular formula is C10H14OS3. The van der Waals surface area contributed by atoms with Crippen molar-refractivity contribution in [2.75, 3.05) is 0 Å². The molecule has 0 amide bonds. The summed E-state index contributed by atoms with van der Waals surface area (Å²) in [5.41, 5.74) is 0.280. The first kappa shape index (κ1) is 9.82. The third-order valence-corrected chi connectivity index (χ3v) is 9.11. The molecule has 78 valence electrons. The van der Waals surface area contributed by atoms with Gasteiger partial charge in [0, 0.05) is 5.25 Å². The first-order chi connectivity index (χ1) is 6.33. The minimum absolute atomic E-state index is 0.208. The molecule has 2 aliphatic heterocycles. The van der Waals surface area contributed by atoms with Crippen LogP contribution in [0.5, 0.6) is 0 Å². The molecule has 4 heteroatoms. The summed E-state index contributed by atoms with van der Waals surface area (Å²) in [5.74, 6) is 0. The molecule has 0 aromatic rings. The Hall–Kier alpha value is 0.620. The third kappa shape index (κ3) is 0.896. The van der Waals surface area contributed by atoms with Crippen molar-refractivity contribution in [1.82, 2.24) is 0 Å². The Kier molecular flexibility index (Phi) is 1.62. The van der Waals surface area contributed by atoms with Gasteiger partial charge < -0.3 is 5.11 Å². The SMILES string of the molecule is CC(C)(C)C12C=CC3(O)C(C1S2)S3=S. The lowest BCUT2D eigenvalue weighted by atomic mass is 9.75. The van der Waals surface area contributed by atoms with E-state index in [1.165, 1.54) is 0 Å². The molecule has 14 heavy (non-hydrogen) atoms. The normalized spacial score (nSPS) is 59.0. The maximum atomic E-state index is 10.1. The summed E-state index contributed by atoms with van der Waals surface area (Å²) in [6, 6.07) is 0. The molecular weight excluding hydrogens is 232 g/mol. The molecule has 0 bridgehead atoms. The number of thioether (sulfide) groups is 1. The van der Waals surface area contributed by atoms with Gasteiger partial charge in [-0.05, 0) is 22.7 Å². The van der Waals surface area contributed by atoms with Crippen LogP contribution in [-0.4, -0.2) is 25.3 Å². The predicted molar refractivity (Wildman–Crippen MR) is 66.2 cm³/mol. The number of aliphatic hydroxyl groups is 1. The van der Waals surface area contributed by atoms with Crippen molar-refractivity contribution in [2.45, 2.75) is 41.0 Å². The van der Waals surface area contributed by atoms with Gasteiger partial charge in [-0.3, -0.25) is 0 Å². The largest absolute Gasteiger partial charge is 0.374 e. The van der Waals surface area contributed by atoms with Crippen molar-refractivity contribution < 1.29 is 5.11 Å². The second-order valence-electron chi connectivity index (χ2n) is 5.38. The molecule has 0 saturated carbocycles. The third-order valence-electron chi connectivity index (χ3n) is 3.61. The highest BCUT2D eigenvalue weighted by Crippen LogP contribution is 2.73. The fourth-order valence-electron chi connectivity index (χ4n) is 2.45. The van der Waals surface area contributed by atoms with E-state index in [0.29, 0.717) is 10.5 Å². The van der Waals surface area contributed by atoms with Gasteiger partial charge in [0.15, 0.2) is 0 Å². The van der Waals surface area contributed by atoms with Gasteiger partial charge in [-0.1, -0.05) is 36.3 Å². The van der Waals surface area contributed by atoms with Crippen LogP contribution < -0.4 is 0 Å². The summed E-state index contributed by atoms with van der Waals surface area (Å²) < 4.78 is 0.268. The van der Waals surface area contributed by atoms with Crippen LogP contribution in [0.15, 0.2) is 12.2 Å². The molecule has 0 aromatic carbocycles. The molecule has 3 rings (SSSR count). The van der Waals surface area contributed by atoms with E-state index in [2.05, 4.69) is 26.8 Å². The van der Waals surface area contributed by atoms with E-state index in [0.717, 1.165) is 0 Å². The molecule has 5 atom stereocenters. The summed E-state index contributed by atoms with van der Waals surface area (Å²) in [4.78, 5) is -0.599. The number of hydrogen-bond donors (Lipinski definition) is 1. The van der Waals surface area contributed by atoms with E-state index in [4.69, 9.17) is 11.2 Å². The summed E-state index contributed by atoms with van der Waals surface area (Å²) in [5, 5.41) is 11.1. The molecule has 0 aromatic heterocycles. The maximum Gasteiger partial charge on any atom is 0.147 e. The number of hydrogen-bond acceptors (Lipinski definition) is 3. The fourth-order valence-corrected chi connectivity index (χ4v) is 7.91. The molecule has 1 nitrogen and oxygen atoms in total. The average molecular weight is 246 g/mol. The Balaban J connectivity index is 2.01. The summed E-state index contributed by atoms with van der Waals surface area (Å²) >= 11 is 7.31. The Labute approximate surface area is 95.9 Å². The summed E-state index contributed by atoms with van der Waals surface area (Å²) in [7, 11) is -0.208. The van der Waals surface area contributed by atoms with Gasteiger partial charge in [-0.2, -0.15) is 0 Å². The molecule has 2 saturated heterocycles. The van der Waals surface area contributed by atoms with Crippen molar-refractivity contribution >= 4 is 32.4 Å². The van der Waals surface area contributed by atoms with Crippen LogP contribution in [0.3, 0.4) is 0 Å². The van der Waals surface area contributed by atoms with Crippen molar-refractivity contribution in [3.05, 3.63) is 12.2 Å². The summed E-state index contributed by atoms with van der Waals surface area (Å²) in [6.07, 6.45) is 4.20. The van der Waals surface area contributed by atoms with Gasteiger partial charge in [-0.15, -0.1) is 11.8 Å². The van der Waals surface area contributed by atoms with Gasteiger partial charge in [0.25, 0.3) is 0 Å². The molecule has 1 N–H and O–H groups in total. The van der Waals surface area contributed by atoms with Crippen LogP contribution >= 0.6 is 11.8 Å². The number of rotatable bonds is 0. The monoisotopic (exact) mass is 246 g/mol. The molecule has 1 aliphatic carbocycles. The predicted octanol–water partition coefficient (Wildman–Crippen LogP) is 1.61. The summed E-state index contributed by atoms with van der Waals surface area (Å²) in [6.45, 7) is 6.83. The van der Waals surface area contributed by atoms with Crippen LogP contribution in [0.4, 0.5) is 0 Å². The van der Waals surface area contributed by atoms with Crippen LogP contribution in [-0.2, 0) is 20.6 Å². The van der Waals surface area contributed by atoms with Crippen LogP contribution in [0.25, 0.3) is 0 Å². The van der Waals surface area contributed by atoms with Gasteiger partial charge in [0.1, 0.15) is 4.93 Å². The number of fused-ring (bicyclic) bond motifs is 3. The quantitative estimate of drug-likeness (QED) is 0.518. The van der Waals surface area contributed by atoms with Crippen LogP contribution in [0.2, 0.25) is 0 Å². The fraction of sp³-hybridized carbons (Fsp3) is 0.800. The standard InChI is InChI=1S/C10H14OS3/c1-8(2,3)9-4-5-10(11)7(14(10)12)6(9)13-9/h4-7,11H,1-3H3. The first-order valence-electron chi connectivity index (χ1n) is 4.84. The van der Waals surface area contributed by atoms with E-state index < -0.39 is 4.93 Å². The van der Waals surface area contributed by atoms with E-state index in [1.807, 2.05) is 17.8 Å². The van der Waals surface area contributed by atoms with Gasteiger partial charge >= 0.3 is 0 Å². The maximum absolute atomic E-state index is 10.1. The highest BCUT2D eigenvalue weighted by Gasteiger charge is 2.77. The highest BCUT2D eigenvalue weighted by atomic mass is 32.8. The smallest absolute Gasteiger partial charge is 0.147 e. The van der Waals surface area contributed by atoms with Crippen molar-refractivity contribution in [2.24, 2.45) is 5.41 Å². The van der Waals surface area contributed by atoms with E-state index in [1.54, 1.807) is 0 Å². The zero-order chi connectivity index (χ0) is 10.4. The average Bonchev–Trinajstić information content (AvgIpc) is 2.86. The molecule has 3 aliphatic rings. The topological polar surface area (TPSA) is 20.2 Å². The van der Waals surface area contributed by atoms with Crippen molar-refractivity contribution in [3.8, 4) is 0 Å². The zero-order valence-corrected chi connectivity index (χ0v) is 10.9. The minimum atomic E-state index is -0.599. The van der Waals surface area contributed by atoms with Gasteiger partial charge in [0.2, 0.25) is 0 Å². The Bertz CT molecular complexity index is 370. The van der Waals surface area contributed by atoms with Gasteiger partial charge in [0.05, 0.1) is 10.00 Å². The lowest BCUT2D eigenvalue weighted by Gasteiger charge is -2.29. The van der Waals surface area contributed by atoms with E-state index >= 15 is 0 Å². The Morgan fingerprint density at radius 2 is 2.07 bits per heavy atom. The highest BCUT2D eigenvalue weighted by molar-refractivity contribution is 8.35. The second kappa shape index (κ2) is 2.31. The minimum Gasteiger partial charge on any atom is -0.374 e. The Morgan fingerprint density at radius 1 is 1.43 bits per heavy atom. The molecule has 2 fully saturated rings. The lowest BCUT2D eigenvalue weighted by molar-refractivity contribution is 0.205. The molecule has 5 unspecified atom stereocenters. The Morgan fingerprint density at radius 3 is 2.64 bits per heavy atom. The van der Waals surface area contributed by atoms with E-state index in [9.17, 15) is 5.11 Å². The lowest BCUT2D eigenvalue weighted by Crippen LogP contribution is -2.36. The zero-order valence-electron chi connectivity index (χ0n) is 8.48. The van der Waals surface area contributed by atoms with Crippen molar-refractivity contribution in [1.29, 1.82) is 0 Å². The molecule has 2 heterocycles. The van der Waals surface area contributed by atoms with Gasteiger partial charge in [-0.25, -0.2) is 0 Å².